The molecule has 1 atom stereocenters. The van der Waals surface area contributed by atoms with Crippen LogP contribution in [0.4, 0.5) is 0 Å². The van der Waals surface area contributed by atoms with Gasteiger partial charge in [-0.2, -0.15) is 0 Å². The third-order valence-electron chi connectivity index (χ3n) is 6.03. The van der Waals surface area contributed by atoms with E-state index in [1.807, 2.05) is 0 Å². The maximum absolute atomic E-state index is 6.68. The first-order valence-corrected chi connectivity index (χ1v) is 14.4. The van der Waals surface area contributed by atoms with Gasteiger partial charge in [-0.1, -0.05) is 110 Å². The summed E-state index contributed by atoms with van der Waals surface area (Å²) in [5, 5.41) is 0.304. The van der Waals surface area contributed by atoms with Crippen LogP contribution in [-0.4, -0.2) is 14.4 Å². The van der Waals surface area contributed by atoms with Crippen LogP contribution in [0.3, 0.4) is 0 Å². The van der Waals surface area contributed by atoms with Crippen molar-refractivity contribution in [3.63, 3.8) is 0 Å². The van der Waals surface area contributed by atoms with Crippen LogP contribution in [0.15, 0.2) is 12.2 Å². The Morgan fingerprint density at radius 1 is 0.808 bits per heavy atom. The molecule has 0 saturated carbocycles. The van der Waals surface area contributed by atoms with Crippen molar-refractivity contribution in [3.8, 4) is 0 Å². The van der Waals surface area contributed by atoms with Crippen molar-refractivity contribution < 1.29 is 4.43 Å². The average Bonchev–Trinajstić information content (AvgIpc) is 2.56. The molecule has 0 unspecified atom stereocenters. The first kappa shape index (κ1) is 25.9. The second-order valence-electron chi connectivity index (χ2n) is 9.63. The maximum atomic E-state index is 6.68. The van der Waals surface area contributed by atoms with Gasteiger partial charge >= 0.3 is 0 Å². The topological polar surface area (TPSA) is 9.23 Å². The summed E-state index contributed by atoms with van der Waals surface area (Å²) in [5.74, 6) is 0. The predicted molar refractivity (Wildman–Crippen MR) is 123 cm³/mol. The highest BCUT2D eigenvalue weighted by atomic mass is 28.4. The molecule has 26 heavy (non-hydrogen) atoms. The third kappa shape index (κ3) is 13.1. The van der Waals surface area contributed by atoms with Crippen molar-refractivity contribution in [2.75, 3.05) is 0 Å². The predicted octanol–water partition coefficient (Wildman–Crippen LogP) is 9.04. The summed E-state index contributed by atoms with van der Waals surface area (Å²) in [6.07, 6.45) is 22.7. The van der Waals surface area contributed by atoms with Crippen molar-refractivity contribution in [3.05, 3.63) is 12.2 Å². The van der Waals surface area contributed by atoms with E-state index in [0.717, 1.165) is 6.42 Å². The minimum absolute atomic E-state index is 0.304. The molecule has 0 fully saturated rings. The van der Waals surface area contributed by atoms with E-state index in [0.29, 0.717) is 11.1 Å². The van der Waals surface area contributed by atoms with Gasteiger partial charge in [0.1, 0.15) is 0 Å². The number of rotatable bonds is 16. The Kier molecular flexibility index (Phi) is 14.9. The molecule has 0 aromatic rings. The molecule has 0 rings (SSSR count). The molecule has 0 amide bonds. The Balaban J connectivity index is 3.91. The normalized spacial score (nSPS) is 14.3. The highest BCUT2D eigenvalue weighted by Gasteiger charge is 2.38. The molecule has 0 saturated heterocycles. The molecule has 0 bridgehead atoms. The Morgan fingerprint density at radius 3 is 1.69 bits per heavy atom. The summed E-state index contributed by atoms with van der Waals surface area (Å²) in [7, 11) is -1.65. The van der Waals surface area contributed by atoms with Gasteiger partial charge in [0.2, 0.25) is 0 Å². The molecule has 0 heterocycles. The molecule has 0 radical (unpaired) electrons. The Morgan fingerprint density at radius 2 is 1.27 bits per heavy atom. The fraction of sp³-hybridized carbons (Fsp3) is 0.917. The number of hydrogen-bond donors (Lipinski definition) is 0. The lowest BCUT2D eigenvalue weighted by Gasteiger charge is -2.39. The van der Waals surface area contributed by atoms with Crippen LogP contribution in [0.2, 0.25) is 18.1 Å². The zero-order valence-corrected chi connectivity index (χ0v) is 20.3. The quantitative estimate of drug-likeness (QED) is 0.147. The largest absolute Gasteiger partial charge is 0.414 e. The highest BCUT2D eigenvalue weighted by Crippen LogP contribution is 2.38. The number of unbranched alkanes of at least 4 members (excludes halogenated alkanes) is 10. The van der Waals surface area contributed by atoms with Crippen LogP contribution in [0.5, 0.6) is 0 Å². The molecule has 156 valence electrons. The summed E-state index contributed by atoms with van der Waals surface area (Å²) in [6.45, 7) is 16.2. The molecular formula is C24H50OSi. The molecule has 2 heteroatoms. The molecular weight excluding hydrogens is 332 g/mol. The molecule has 0 N–H and O–H groups in total. The van der Waals surface area contributed by atoms with E-state index in [2.05, 4.69) is 59.9 Å². The van der Waals surface area contributed by atoms with Gasteiger partial charge in [0, 0.05) is 6.10 Å². The summed E-state index contributed by atoms with van der Waals surface area (Å²) < 4.78 is 6.68. The number of hydrogen-bond acceptors (Lipinski definition) is 1. The summed E-state index contributed by atoms with van der Waals surface area (Å²) in [4.78, 5) is 0. The van der Waals surface area contributed by atoms with Crippen LogP contribution in [-0.2, 0) is 4.43 Å². The minimum atomic E-state index is -1.65. The van der Waals surface area contributed by atoms with Crippen molar-refractivity contribution >= 4 is 8.32 Å². The first-order chi connectivity index (χ1) is 12.2. The Hall–Kier alpha value is -0.0831. The van der Waals surface area contributed by atoms with Crippen molar-refractivity contribution in [2.45, 2.75) is 142 Å². The van der Waals surface area contributed by atoms with Gasteiger partial charge in [-0.25, -0.2) is 0 Å². The zero-order chi connectivity index (χ0) is 19.9. The van der Waals surface area contributed by atoms with E-state index < -0.39 is 8.32 Å². The van der Waals surface area contributed by atoms with Crippen molar-refractivity contribution in [2.24, 2.45) is 0 Å². The lowest BCUT2D eigenvalue weighted by Crippen LogP contribution is -2.43. The molecule has 0 aromatic carbocycles. The molecule has 0 aliphatic heterocycles. The van der Waals surface area contributed by atoms with E-state index in [9.17, 15) is 0 Å². The summed E-state index contributed by atoms with van der Waals surface area (Å²) in [6, 6.07) is 0. The molecule has 1 nitrogen and oxygen atoms in total. The van der Waals surface area contributed by atoms with Gasteiger partial charge < -0.3 is 4.43 Å². The molecule has 0 aliphatic carbocycles. The standard InChI is InChI=1S/C24H50OSi/c1-8-10-12-13-14-15-16-17-18-19-20-22-23(21-11-9-2)25-26(6,7)24(3,4)5/h9,11,23H,8,10,12-22H2,1-7H3/b11-9+/t23-/m0/s1. The van der Waals surface area contributed by atoms with Crippen LogP contribution < -0.4 is 0 Å². The van der Waals surface area contributed by atoms with Crippen LogP contribution >= 0.6 is 0 Å². The Labute approximate surface area is 167 Å². The fourth-order valence-electron chi connectivity index (χ4n) is 3.14. The summed E-state index contributed by atoms with van der Waals surface area (Å²) in [5.41, 5.74) is 0. The van der Waals surface area contributed by atoms with Crippen LogP contribution in [0.25, 0.3) is 0 Å². The fourth-order valence-corrected chi connectivity index (χ4v) is 4.54. The monoisotopic (exact) mass is 382 g/mol. The highest BCUT2D eigenvalue weighted by molar-refractivity contribution is 6.74. The molecule has 0 spiro atoms. The zero-order valence-electron chi connectivity index (χ0n) is 19.3. The van der Waals surface area contributed by atoms with Gasteiger partial charge in [0.05, 0.1) is 0 Å². The smallest absolute Gasteiger partial charge is 0.192 e. The van der Waals surface area contributed by atoms with Crippen LogP contribution in [0.1, 0.15) is 118 Å². The van der Waals surface area contributed by atoms with Crippen LogP contribution in [0, 0.1) is 0 Å². The van der Waals surface area contributed by atoms with Gasteiger partial charge in [0.25, 0.3) is 0 Å². The average molecular weight is 383 g/mol. The lowest BCUT2D eigenvalue weighted by molar-refractivity contribution is 0.169. The maximum Gasteiger partial charge on any atom is 0.192 e. The second-order valence-corrected chi connectivity index (χ2v) is 14.4. The Bertz CT molecular complexity index is 341. The first-order valence-electron chi connectivity index (χ1n) is 11.5. The van der Waals surface area contributed by atoms with E-state index in [1.54, 1.807) is 0 Å². The summed E-state index contributed by atoms with van der Waals surface area (Å²) >= 11 is 0. The van der Waals surface area contributed by atoms with Gasteiger partial charge in [-0.3, -0.25) is 0 Å². The molecule has 0 aromatic heterocycles. The third-order valence-corrected chi connectivity index (χ3v) is 10.6. The second kappa shape index (κ2) is 14.9. The van der Waals surface area contributed by atoms with E-state index in [-0.39, 0.29) is 0 Å². The minimum Gasteiger partial charge on any atom is -0.414 e. The SMILES string of the molecule is C/C=C/C[C@@H](CCCCCCCCCCCCC)O[Si](C)(C)C(C)(C)C. The van der Waals surface area contributed by atoms with Gasteiger partial charge in [0.15, 0.2) is 8.32 Å². The van der Waals surface area contributed by atoms with Crippen molar-refractivity contribution in [1.29, 1.82) is 0 Å². The van der Waals surface area contributed by atoms with E-state index in [1.165, 1.54) is 77.0 Å². The lowest BCUT2D eigenvalue weighted by atomic mass is 10.0. The van der Waals surface area contributed by atoms with E-state index in [4.69, 9.17) is 4.43 Å². The van der Waals surface area contributed by atoms with E-state index >= 15 is 0 Å². The number of allylic oxidation sites excluding steroid dienone is 1. The van der Waals surface area contributed by atoms with Gasteiger partial charge in [-0.05, 0) is 37.9 Å². The van der Waals surface area contributed by atoms with Gasteiger partial charge in [-0.15, -0.1) is 0 Å². The molecule has 0 aliphatic rings. The van der Waals surface area contributed by atoms with Crippen molar-refractivity contribution in [1.82, 2.24) is 0 Å².